The van der Waals surface area contributed by atoms with Crippen molar-refractivity contribution in [2.45, 2.75) is 19.3 Å². The number of pyridine rings is 2. The molecule has 0 spiro atoms. The maximum atomic E-state index is 14.0. The summed E-state index contributed by atoms with van der Waals surface area (Å²) >= 11 is 1.59. The van der Waals surface area contributed by atoms with Gasteiger partial charge in [0.05, 0.1) is 26.9 Å². The van der Waals surface area contributed by atoms with E-state index in [0.29, 0.717) is 17.4 Å². The molecule has 1 amide bonds. The van der Waals surface area contributed by atoms with Crippen LogP contribution in [-0.2, 0) is 6.42 Å². The van der Waals surface area contributed by atoms with E-state index >= 15 is 0 Å². The van der Waals surface area contributed by atoms with Gasteiger partial charge in [0, 0.05) is 37.6 Å². The molecule has 0 aliphatic carbocycles. The third-order valence-electron chi connectivity index (χ3n) is 6.06. The summed E-state index contributed by atoms with van der Waals surface area (Å²) in [6.07, 6.45) is 2.45. The number of carbonyl (C=O) groups is 1. The molecule has 3 aromatic heterocycles. The minimum absolute atomic E-state index is 0.0229. The summed E-state index contributed by atoms with van der Waals surface area (Å²) in [6, 6.07) is 19.0. The molecule has 0 aliphatic heterocycles. The fraction of sp³-hybridized carbons (Fsp3) is 0.185. The summed E-state index contributed by atoms with van der Waals surface area (Å²) < 4.78 is 2.84. The third kappa shape index (κ3) is 3.78. The van der Waals surface area contributed by atoms with Crippen LogP contribution >= 0.6 is 11.3 Å². The summed E-state index contributed by atoms with van der Waals surface area (Å²) in [6.45, 7) is 2.10. The molecule has 0 aliphatic rings. The fourth-order valence-corrected chi connectivity index (χ4v) is 5.09. The quantitative estimate of drug-likeness (QED) is 0.362. The van der Waals surface area contributed by atoms with Crippen LogP contribution in [0.1, 0.15) is 34.6 Å². The normalized spacial score (nSPS) is 12.2. The molecule has 7 heteroatoms. The highest BCUT2D eigenvalue weighted by molar-refractivity contribution is 7.16. The molecule has 5 rings (SSSR count). The van der Waals surface area contributed by atoms with E-state index in [2.05, 4.69) is 16.9 Å². The van der Waals surface area contributed by atoms with E-state index in [4.69, 9.17) is 0 Å². The molecule has 3 heterocycles. The van der Waals surface area contributed by atoms with Gasteiger partial charge in [-0.1, -0.05) is 37.3 Å². The first-order chi connectivity index (χ1) is 16.5. The molecule has 0 saturated heterocycles. The number of rotatable bonds is 5. The molecule has 0 radical (unpaired) electrons. The molecule has 6 nitrogen and oxygen atoms in total. The van der Waals surface area contributed by atoms with Crippen LogP contribution in [0.2, 0.25) is 0 Å². The molecule has 0 N–H and O–H groups in total. The number of hydrogen-bond donors (Lipinski definition) is 0. The predicted molar refractivity (Wildman–Crippen MR) is 137 cm³/mol. The number of carbonyl (C=O) groups excluding carboxylic acids is 1. The van der Waals surface area contributed by atoms with Crippen LogP contribution in [0.3, 0.4) is 0 Å². The molecule has 34 heavy (non-hydrogen) atoms. The van der Waals surface area contributed by atoms with Crippen molar-refractivity contribution < 1.29 is 4.79 Å². The van der Waals surface area contributed by atoms with E-state index in [9.17, 15) is 9.59 Å². The number of amides is 1. The van der Waals surface area contributed by atoms with Crippen LogP contribution < -0.4 is 5.56 Å². The van der Waals surface area contributed by atoms with Crippen molar-refractivity contribution in [1.29, 1.82) is 0 Å². The van der Waals surface area contributed by atoms with Crippen LogP contribution in [0.25, 0.3) is 26.7 Å². The topological polar surface area (TPSA) is 68.1 Å². The standard InChI is InChI=1S/C27H24N4O2S/c1-17(14-21-25-23(12-13-28-21)34-16-29-25)22-15-18-8-7-11-20(26(32)30(2)3)24(18)27(33)31(22)19-9-5-4-6-10-19/h4-13,15-17H,14H2,1-3H3/t17-/m1/s1. The predicted octanol–water partition coefficient (Wildman–Crippen LogP) is 5.04. The van der Waals surface area contributed by atoms with E-state index < -0.39 is 0 Å². The number of thiazole rings is 1. The average Bonchev–Trinajstić information content (AvgIpc) is 3.33. The Kier molecular flexibility index (Phi) is 5.71. The largest absolute Gasteiger partial charge is 0.345 e. The summed E-state index contributed by atoms with van der Waals surface area (Å²) in [7, 11) is 3.39. The maximum Gasteiger partial charge on any atom is 0.264 e. The minimum atomic E-state index is -0.198. The van der Waals surface area contributed by atoms with Gasteiger partial charge in [-0.25, -0.2) is 4.98 Å². The van der Waals surface area contributed by atoms with E-state index in [1.54, 1.807) is 36.1 Å². The highest BCUT2D eigenvalue weighted by atomic mass is 32.1. The lowest BCUT2D eigenvalue weighted by Gasteiger charge is -2.21. The monoisotopic (exact) mass is 468 g/mol. The molecule has 0 unspecified atom stereocenters. The van der Waals surface area contributed by atoms with Gasteiger partial charge in [-0.3, -0.25) is 19.1 Å². The Bertz CT molecular complexity index is 1570. The summed E-state index contributed by atoms with van der Waals surface area (Å²) in [5, 5.41) is 1.19. The van der Waals surface area contributed by atoms with Gasteiger partial charge < -0.3 is 4.90 Å². The van der Waals surface area contributed by atoms with Gasteiger partial charge in [0.25, 0.3) is 11.5 Å². The van der Waals surface area contributed by atoms with Crippen molar-refractivity contribution in [2.24, 2.45) is 0 Å². The Morgan fingerprint density at radius 1 is 1.06 bits per heavy atom. The zero-order chi connectivity index (χ0) is 23.8. The average molecular weight is 469 g/mol. The van der Waals surface area contributed by atoms with Crippen molar-refractivity contribution in [3.63, 3.8) is 0 Å². The van der Waals surface area contributed by atoms with Crippen LogP contribution in [-0.4, -0.2) is 39.4 Å². The Morgan fingerprint density at radius 2 is 1.85 bits per heavy atom. The highest BCUT2D eigenvalue weighted by Gasteiger charge is 2.22. The number of nitrogens with zero attached hydrogens (tertiary/aromatic N) is 4. The first-order valence-electron chi connectivity index (χ1n) is 11.1. The molecule has 0 bridgehead atoms. The SMILES string of the molecule is C[C@H](Cc1nccc2scnc12)c1cc2cccc(C(=O)N(C)C)c2c(=O)n1-c1ccccc1. The second kappa shape index (κ2) is 8.83. The van der Waals surface area contributed by atoms with Gasteiger partial charge >= 0.3 is 0 Å². The lowest BCUT2D eigenvalue weighted by atomic mass is 9.96. The van der Waals surface area contributed by atoms with E-state index in [1.165, 1.54) is 4.90 Å². The zero-order valence-electron chi connectivity index (χ0n) is 19.2. The van der Waals surface area contributed by atoms with Gasteiger partial charge in [-0.2, -0.15) is 0 Å². The second-order valence-electron chi connectivity index (χ2n) is 8.58. The molecular formula is C27H24N4O2S. The van der Waals surface area contributed by atoms with Crippen LogP contribution in [0.4, 0.5) is 0 Å². The van der Waals surface area contributed by atoms with Crippen LogP contribution in [0.15, 0.2) is 77.2 Å². The number of hydrogen-bond acceptors (Lipinski definition) is 5. The molecule has 0 fully saturated rings. The second-order valence-corrected chi connectivity index (χ2v) is 9.46. The molecule has 0 saturated carbocycles. The minimum Gasteiger partial charge on any atom is -0.345 e. The highest BCUT2D eigenvalue weighted by Crippen LogP contribution is 2.29. The Balaban J connectivity index is 1.73. The lowest BCUT2D eigenvalue weighted by molar-refractivity contribution is 0.0829. The first-order valence-corrected chi connectivity index (χ1v) is 12.0. The molecule has 2 aromatic carbocycles. The van der Waals surface area contributed by atoms with Crippen LogP contribution in [0, 0.1) is 0 Å². The van der Waals surface area contributed by atoms with Gasteiger partial charge in [-0.05, 0) is 42.1 Å². The summed E-state index contributed by atoms with van der Waals surface area (Å²) in [5.74, 6) is -0.215. The molecule has 5 aromatic rings. The fourth-order valence-electron chi connectivity index (χ4n) is 4.40. The van der Waals surface area contributed by atoms with Crippen molar-refractivity contribution in [3.05, 3.63) is 99.7 Å². The Labute approximate surface area is 201 Å². The number of para-hydroxylation sites is 1. The number of aromatic nitrogens is 3. The van der Waals surface area contributed by atoms with Crippen molar-refractivity contribution >= 4 is 38.2 Å². The number of fused-ring (bicyclic) bond motifs is 2. The lowest BCUT2D eigenvalue weighted by Crippen LogP contribution is -2.28. The van der Waals surface area contributed by atoms with Crippen LogP contribution in [0.5, 0.6) is 0 Å². The van der Waals surface area contributed by atoms with E-state index in [1.807, 2.05) is 66.3 Å². The van der Waals surface area contributed by atoms with Gasteiger partial charge in [0.15, 0.2) is 0 Å². The smallest absolute Gasteiger partial charge is 0.264 e. The molecular weight excluding hydrogens is 444 g/mol. The first kappa shape index (κ1) is 22.0. The Morgan fingerprint density at radius 3 is 2.62 bits per heavy atom. The van der Waals surface area contributed by atoms with Crippen molar-refractivity contribution in [3.8, 4) is 5.69 Å². The zero-order valence-corrected chi connectivity index (χ0v) is 20.0. The number of benzene rings is 2. The summed E-state index contributed by atoms with van der Waals surface area (Å²) in [5.41, 5.74) is 5.50. The van der Waals surface area contributed by atoms with Crippen molar-refractivity contribution in [2.75, 3.05) is 14.1 Å². The third-order valence-corrected chi connectivity index (χ3v) is 6.85. The van der Waals surface area contributed by atoms with E-state index in [-0.39, 0.29) is 17.4 Å². The van der Waals surface area contributed by atoms with Gasteiger partial charge in [-0.15, -0.1) is 11.3 Å². The van der Waals surface area contributed by atoms with E-state index in [0.717, 1.165) is 32.7 Å². The van der Waals surface area contributed by atoms with Crippen molar-refractivity contribution in [1.82, 2.24) is 19.4 Å². The Hall–Kier alpha value is -3.84. The van der Waals surface area contributed by atoms with Gasteiger partial charge in [0.2, 0.25) is 0 Å². The maximum absolute atomic E-state index is 14.0. The molecule has 170 valence electrons. The van der Waals surface area contributed by atoms with Gasteiger partial charge in [0.1, 0.15) is 5.52 Å². The summed E-state index contributed by atoms with van der Waals surface area (Å²) in [4.78, 5) is 37.5. The molecule has 1 atom stereocenters.